The van der Waals surface area contributed by atoms with Gasteiger partial charge in [0.2, 0.25) is 5.91 Å². The third-order valence-electron chi connectivity index (χ3n) is 3.85. The fourth-order valence-electron chi connectivity index (χ4n) is 2.52. The summed E-state index contributed by atoms with van der Waals surface area (Å²) in [6.07, 6.45) is 0.883. The van der Waals surface area contributed by atoms with E-state index in [2.05, 4.69) is 0 Å². The number of nitrogens with zero attached hydrogens (tertiary/aromatic N) is 1. The monoisotopic (exact) mass is 343 g/mol. The first-order valence-corrected chi connectivity index (χ1v) is 8.92. The normalized spacial score (nSPS) is 14.6. The minimum absolute atomic E-state index is 0.0679. The smallest absolute Gasteiger partial charge is 0.239 e. The molecule has 1 unspecified atom stereocenters. The Kier molecular flexibility index (Phi) is 5.30. The number of anilines is 1. The highest BCUT2D eigenvalue weighted by Gasteiger charge is 2.20. The molecule has 0 aliphatic carbocycles. The van der Waals surface area contributed by atoms with E-state index in [-0.39, 0.29) is 11.2 Å². The van der Waals surface area contributed by atoms with Crippen molar-refractivity contribution in [3.63, 3.8) is 0 Å². The van der Waals surface area contributed by atoms with Crippen LogP contribution in [0, 0.1) is 0 Å². The lowest BCUT2D eigenvalue weighted by atomic mass is 10.3. The van der Waals surface area contributed by atoms with Crippen LogP contribution in [0.1, 0.15) is 13.3 Å². The van der Waals surface area contributed by atoms with Gasteiger partial charge in [-0.05, 0) is 37.3 Å². The molecule has 0 fully saturated rings. The van der Waals surface area contributed by atoms with Crippen molar-refractivity contribution in [2.45, 2.75) is 23.5 Å². The van der Waals surface area contributed by atoms with Crippen LogP contribution in [0.2, 0.25) is 0 Å². The molecule has 5 heteroatoms. The quantitative estimate of drug-likeness (QED) is 0.787. The first-order chi connectivity index (χ1) is 11.6. The Morgan fingerprint density at radius 3 is 2.54 bits per heavy atom. The molecule has 2 aromatic carbocycles. The van der Waals surface area contributed by atoms with Crippen molar-refractivity contribution < 1.29 is 14.3 Å². The molecule has 1 heterocycles. The predicted octanol–water partition coefficient (Wildman–Crippen LogP) is 3.99. The fourth-order valence-corrected chi connectivity index (χ4v) is 3.51. The zero-order valence-corrected chi connectivity index (χ0v) is 14.7. The van der Waals surface area contributed by atoms with Gasteiger partial charge in [-0.1, -0.05) is 18.2 Å². The molecule has 1 amide bonds. The Morgan fingerprint density at radius 1 is 1.08 bits per heavy atom. The molecule has 0 spiro atoms. The van der Waals surface area contributed by atoms with Crippen LogP contribution < -0.4 is 14.4 Å². The molecule has 3 rings (SSSR count). The molecule has 24 heavy (non-hydrogen) atoms. The third-order valence-corrected chi connectivity index (χ3v) is 4.93. The molecule has 0 saturated carbocycles. The maximum Gasteiger partial charge on any atom is 0.239 e. The molecule has 126 valence electrons. The molecule has 0 N–H and O–H groups in total. The van der Waals surface area contributed by atoms with Gasteiger partial charge in [0.25, 0.3) is 0 Å². The van der Waals surface area contributed by atoms with E-state index in [0.717, 1.165) is 28.5 Å². The Morgan fingerprint density at radius 2 is 1.79 bits per heavy atom. The Hall–Kier alpha value is -2.14. The second-order valence-corrected chi connectivity index (χ2v) is 7.07. The average molecular weight is 343 g/mol. The summed E-state index contributed by atoms with van der Waals surface area (Å²) in [7, 11) is 1.81. The second-order valence-electron chi connectivity index (χ2n) is 5.65. The van der Waals surface area contributed by atoms with Gasteiger partial charge in [0, 0.05) is 24.1 Å². The van der Waals surface area contributed by atoms with E-state index in [1.54, 1.807) is 4.90 Å². The number of ether oxygens (including phenoxy) is 2. The lowest BCUT2D eigenvalue weighted by Crippen LogP contribution is -2.33. The van der Waals surface area contributed by atoms with Crippen LogP contribution in [0.15, 0.2) is 53.4 Å². The number of hydrogen-bond acceptors (Lipinski definition) is 4. The molecule has 0 radical (unpaired) electrons. The van der Waals surface area contributed by atoms with Gasteiger partial charge in [0.15, 0.2) is 11.5 Å². The first-order valence-electron chi connectivity index (χ1n) is 8.04. The summed E-state index contributed by atoms with van der Waals surface area (Å²) >= 11 is 1.53. The summed E-state index contributed by atoms with van der Waals surface area (Å²) in [5.74, 6) is 1.60. The highest BCUT2D eigenvalue weighted by atomic mass is 32.2. The predicted molar refractivity (Wildman–Crippen MR) is 97.2 cm³/mol. The molecule has 0 aromatic heterocycles. The number of thioether (sulfide) groups is 1. The highest BCUT2D eigenvalue weighted by molar-refractivity contribution is 8.00. The summed E-state index contributed by atoms with van der Waals surface area (Å²) < 4.78 is 11.4. The van der Waals surface area contributed by atoms with Crippen molar-refractivity contribution in [3.05, 3.63) is 48.5 Å². The Bertz CT molecular complexity index is 705. The summed E-state index contributed by atoms with van der Waals surface area (Å²) in [5.41, 5.74) is 0.897. The number of hydrogen-bond donors (Lipinski definition) is 0. The van der Waals surface area contributed by atoms with E-state index < -0.39 is 0 Å². The lowest BCUT2D eigenvalue weighted by molar-refractivity contribution is -0.117. The topological polar surface area (TPSA) is 38.8 Å². The van der Waals surface area contributed by atoms with Crippen LogP contribution in [0.25, 0.3) is 0 Å². The van der Waals surface area contributed by atoms with Crippen LogP contribution in [0.3, 0.4) is 0 Å². The van der Waals surface area contributed by atoms with E-state index in [9.17, 15) is 4.79 Å². The van der Waals surface area contributed by atoms with Gasteiger partial charge in [-0.15, -0.1) is 11.8 Å². The lowest BCUT2D eigenvalue weighted by Gasteiger charge is -2.21. The molecule has 2 aromatic rings. The Labute approximate surface area is 146 Å². The van der Waals surface area contributed by atoms with Gasteiger partial charge in [-0.2, -0.15) is 0 Å². The molecule has 0 saturated heterocycles. The van der Waals surface area contributed by atoms with Crippen LogP contribution in [-0.2, 0) is 4.79 Å². The minimum Gasteiger partial charge on any atom is -0.490 e. The summed E-state index contributed by atoms with van der Waals surface area (Å²) in [6.45, 7) is 3.26. The maximum absolute atomic E-state index is 12.6. The Balaban J connectivity index is 1.69. The molecule has 0 bridgehead atoms. The van der Waals surface area contributed by atoms with Crippen LogP contribution in [-0.4, -0.2) is 31.4 Å². The van der Waals surface area contributed by atoms with Gasteiger partial charge in [-0.25, -0.2) is 0 Å². The van der Waals surface area contributed by atoms with Gasteiger partial charge < -0.3 is 14.4 Å². The number of fused-ring (bicyclic) bond motifs is 1. The van der Waals surface area contributed by atoms with Gasteiger partial charge in [0.05, 0.1) is 18.5 Å². The average Bonchev–Trinajstić information content (AvgIpc) is 2.86. The van der Waals surface area contributed by atoms with E-state index in [1.807, 2.05) is 62.5 Å². The zero-order valence-electron chi connectivity index (χ0n) is 13.9. The molecule has 1 atom stereocenters. The van der Waals surface area contributed by atoms with Gasteiger partial charge in [0.1, 0.15) is 0 Å². The largest absolute Gasteiger partial charge is 0.490 e. The van der Waals surface area contributed by atoms with Crippen molar-refractivity contribution in [2.75, 3.05) is 25.2 Å². The van der Waals surface area contributed by atoms with Gasteiger partial charge >= 0.3 is 0 Å². The molecular weight excluding hydrogens is 322 g/mol. The summed E-state index contributed by atoms with van der Waals surface area (Å²) in [4.78, 5) is 15.3. The number of amides is 1. The standard InChI is InChI=1S/C19H21NO3S/c1-14(19(21)20(2)15-7-4-3-5-8-15)24-16-9-10-17-18(13-16)23-12-6-11-22-17/h3-5,7-10,13-14H,6,11-12H2,1-2H3. The van der Waals surface area contributed by atoms with Crippen molar-refractivity contribution in [3.8, 4) is 11.5 Å². The van der Waals surface area contributed by atoms with Crippen molar-refractivity contribution in [1.82, 2.24) is 0 Å². The van der Waals surface area contributed by atoms with E-state index in [1.165, 1.54) is 11.8 Å². The first kappa shape index (κ1) is 16.7. The third kappa shape index (κ3) is 3.85. The molecule has 1 aliphatic heterocycles. The van der Waals surface area contributed by atoms with E-state index >= 15 is 0 Å². The van der Waals surface area contributed by atoms with E-state index in [4.69, 9.17) is 9.47 Å². The van der Waals surface area contributed by atoms with Crippen LogP contribution >= 0.6 is 11.8 Å². The minimum atomic E-state index is -0.194. The van der Waals surface area contributed by atoms with Gasteiger partial charge in [-0.3, -0.25) is 4.79 Å². The molecular formula is C19H21NO3S. The fraction of sp³-hybridized carbons (Fsp3) is 0.316. The maximum atomic E-state index is 12.6. The van der Waals surface area contributed by atoms with Crippen LogP contribution in [0.4, 0.5) is 5.69 Å². The zero-order chi connectivity index (χ0) is 16.9. The SMILES string of the molecule is CC(Sc1ccc2c(c1)OCCCO2)C(=O)N(C)c1ccccc1. The number of carbonyl (C=O) groups is 1. The number of benzene rings is 2. The van der Waals surface area contributed by atoms with Crippen molar-refractivity contribution >= 4 is 23.4 Å². The number of para-hydroxylation sites is 1. The van der Waals surface area contributed by atoms with Crippen molar-refractivity contribution in [2.24, 2.45) is 0 Å². The van der Waals surface area contributed by atoms with Crippen molar-refractivity contribution in [1.29, 1.82) is 0 Å². The number of carbonyl (C=O) groups excluding carboxylic acids is 1. The molecule has 4 nitrogen and oxygen atoms in total. The number of rotatable bonds is 4. The molecule has 1 aliphatic rings. The highest BCUT2D eigenvalue weighted by Crippen LogP contribution is 2.35. The van der Waals surface area contributed by atoms with Crippen LogP contribution in [0.5, 0.6) is 11.5 Å². The summed E-state index contributed by atoms with van der Waals surface area (Å²) in [5, 5.41) is -0.194. The van der Waals surface area contributed by atoms with E-state index in [0.29, 0.717) is 13.2 Å². The summed E-state index contributed by atoms with van der Waals surface area (Å²) in [6, 6.07) is 15.5. The second kappa shape index (κ2) is 7.62.